The number of aliphatic hydroxyl groups is 1. The van der Waals surface area contributed by atoms with E-state index in [1.54, 1.807) is 43.3 Å². The molecular weight excluding hydrogens is 309 g/mol. The fraction of sp³-hybridized carbons (Fsp3) is 0.0625. The summed E-state index contributed by atoms with van der Waals surface area (Å²) in [6.07, 6.45) is 0. The summed E-state index contributed by atoms with van der Waals surface area (Å²) in [5.74, 6) is -0.501. The van der Waals surface area contributed by atoms with E-state index in [1.165, 1.54) is 6.07 Å². The van der Waals surface area contributed by atoms with Gasteiger partial charge in [-0.05, 0) is 25.1 Å². The zero-order valence-corrected chi connectivity index (χ0v) is 12.7. The van der Waals surface area contributed by atoms with Gasteiger partial charge in [-0.2, -0.15) is 0 Å². The lowest BCUT2D eigenvalue weighted by atomic mass is 10.1. The van der Waals surface area contributed by atoms with Gasteiger partial charge in [-0.1, -0.05) is 53.5 Å². The van der Waals surface area contributed by atoms with Crippen molar-refractivity contribution in [2.45, 2.75) is 6.92 Å². The summed E-state index contributed by atoms with van der Waals surface area (Å²) >= 11 is 11.8. The minimum Gasteiger partial charge on any atom is -0.507 e. The molecule has 0 atom stereocenters. The quantitative estimate of drug-likeness (QED) is 0.622. The average Bonchev–Trinajstić information content (AvgIpc) is 2.49. The van der Waals surface area contributed by atoms with Crippen LogP contribution in [0.2, 0.25) is 10.0 Å². The first-order chi connectivity index (χ1) is 9.99. The molecule has 108 valence electrons. The predicted molar refractivity (Wildman–Crippen MR) is 86.8 cm³/mol. The highest BCUT2D eigenvalue weighted by atomic mass is 35.5. The van der Waals surface area contributed by atoms with Gasteiger partial charge in [0, 0.05) is 10.6 Å². The van der Waals surface area contributed by atoms with Crippen molar-refractivity contribution in [3.8, 4) is 0 Å². The molecule has 0 aromatic heterocycles. The number of benzene rings is 2. The number of carbonyl (C=O) groups is 1. The number of hydrogen-bond acceptors (Lipinski definition) is 2. The van der Waals surface area contributed by atoms with E-state index < -0.39 is 5.91 Å². The van der Waals surface area contributed by atoms with Crippen molar-refractivity contribution in [1.82, 2.24) is 0 Å². The number of anilines is 1. The van der Waals surface area contributed by atoms with E-state index >= 15 is 0 Å². The Bertz CT molecular complexity index is 697. The molecule has 2 aromatic carbocycles. The maximum atomic E-state index is 12.1. The van der Waals surface area contributed by atoms with Crippen LogP contribution in [0.15, 0.2) is 54.1 Å². The molecular formula is C16H13Cl2NO2. The summed E-state index contributed by atoms with van der Waals surface area (Å²) in [5, 5.41) is 13.6. The summed E-state index contributed by atoms with van der Waals surface area (Å²) in [6.45, 7) is 1.54. The average molecular weight is 322 g/mol. The SMILES string of the molecule is C/C(C(=O)Nc1ccc(Cl)cc1Cl)=C(\O)c1ccccc1. The maximum absolute atomic E-state index is 12.1. The number of carbonyl (C=O) groups excluding carboxylic acids is 1. The van der Waals surface area contributed by atoms with E-state index in [0.717, 1.165) is 0 Å². The van der Waals surface area contributed by atoms with Gasteiger partial charge in [0.2, 0.25) is 0 Å². The highest BCUT2D eigenvalue weighted by Gasteiger charge is 2.13. The predicted octanol–water partition coefficient (Wildman–Crippen LogP) is 4.92. The lowest BCUT2D eigenvalue weighted by Crippen LogP contribution is -2.14. The Morgan fingerprint density at radius 3 is 2.38 bits per heavy atom. The van der Waals surface area contributed by atoms with Crippen LogP contribution < -0.4 is 5.32 Å². The molecule has 2 aromatic rings. The summed E-state index contributed by atoms with van der Waals surface area (Å²) in [5.41, 5.74) is 1.21. The number of amides is 1. The van der Waals surface area contributed by atoms with Crippen molar-refractivity contribution in [2.75, 3.05) is 5.32 Å². The monoisotopic (exact) mass is 321 g/mol. The molecule has 0 fully saturated rings. The van der Waals surface area contributed by atoms with Crippen molar-refractivity contribution in [3.05, 3.63) is 69.7 Å². The van der Waals surface area contributed by atoms with E-state index in [0.29, 0.717) is 21.3 Å². The van der Waals surface area contributed by atoms with Gasteiger partial charge >= 0.3 is 0 Å². The number of hydrogen-bond donors (Lipinski definition) is 2. The van der Waals surface area contributed by atoms with Crippen LogP contribution in [0.4, 0.5) is 5.69 Å². The Morgan fingerprint density at radius 2 is 1.76 bits per heavy atom. The molecule has 0 aliphatic carbocycles. The van der Waals surface area contributed by atoms with Crippen LogP contribution in [0, 0.1) is 0 Å². The van der Waals surface area contributed by atoms with Gasteiger partial charge in [0.1, 0.15) is 5.76 Å². The fourth-order valence-electron chi connectivity index (χ4n) is 1.73. The molecule has 0 saturated carbocycles. The molecule has 2 rings (SSSR count). The third-order valence-corrected chi connectivity index (χ3v) is 3.47. The van der Waals surface area contributed by atoms with Crippen LogP contribution in [0.25, 0.3) is 5.76 Å². The Labute approximate surface area is 132 Å². The second-order valence-corrected chi connectivity index (χ2v) is 5.26. The Hall–Kier alpha value is -1.97. The van der Waals surface area contributed by atoms with Crippen molar-refractivity contribution >= 4 is 40.6 Å². The number of aliphatic hydroxyl groups excluding tert-OH is 1. The van der Waals surface area contributed by atoms with Gasteiger partial charge in [0.15, 0.2) is 0 Å². The minimum atomic E-state index is -0.430. The Morgan fingerprint density at radius 1 is 1.10 bits per heavy atom. The minimum absolute atomic E-state index is 0.0711. The summed E-state index contributed by atoms with van der Waals surface area (Å²) < 4.78 is 0. The normalized spacial score (nSPS) is 11.8. The molecule has 0 spiro atoms. The molecule has 3 nitrogen and oxygen atoms in total. The molecule has 0 saturated heterocycles. The van der Waals surface area contributed by atoms with E-state index in [1.807, 2.05) is 6.07 Å². The molecule has 0 aliphatic rings. The molecule has 0 radical (unpaired) electrons. The van der Waals surface area contributed by atoms with Crippen LogP contribution in [0.5, 0.6) is 0 Å². The largest absolute Gasteiger partial charge is 0.507 e. The van der Waals surface area contributed by atoms with Crippen molar-refractivity contribution in [1.29, 1.82) is 0 Å². The smallest absolute Gasteiger partial charge is 0.255 e. The van der Waals surface area contributed by atoms with Crippen LogP contribution in [-0.4, -0.2) is 11.0 Å². The number of nitrogens with one attached hydrogen (secondary N) is 1. The van der Waals surface area contributed by atoms with Gasteiger partial charge < -0.3 is 10.4 Å². The molecule has 0 aliphatic heterocycles. The number of rotatable bonds is 3. The molecule has 2 N–H and O–H groups in total. The first kappa shape index (κ1) is 15.4. The second-order valence-electron chi connectivity index (χ2n) is 4.42. The Balaban J connectivity index is 2.23. The third-order valence-electron chi connectivity index (χ3n) is 2.92. The first-order valence-corrected chi connectivity index (χ1v) is 6.96. The summed E-state index contributed by atoms with van der Waals surface area (Å²) in [4.78, 5) is 12.1. The van der Waals surface area contributed by atoms with E-state index in [2.05, 4.69) is 5.32 Å². The molecule has 21 heavy (non-hydrogen) atoms. The van der Waals surface area contributed by atoms with Crippen molar-refractivity contribution in [2.24, 2.45) is 0 Å². The highest BCUT2D eigenvalue weighted by Crippen LogP contribution is 2.26. The van der Waals surface area contributed by atoms with Gasteiger partial charge in [0.05, 0.1) is 16.3 Å². The van der Waals surface area contributed by atoms with Crippen LogP contribution in [-0.2, 0) is 4.79 Å². The summed E-state index contributed by atoms with van der Waals surface area (Å²) in [6, 6.07) is 13.6. The van der Waals surface area contributed by atoms with Crippen LogP contribution in [0.1, 0.15) is 12.5 Å². The van der Waals surface area contributed by atoms with Crippen molar-refractivity contribution < 1.29 is 9.90 Å². The van der Waals surface area contributed by atoms with E-state index in [9.17, 15) is 9.90 Å². The van der Waals surface area contributed by atoms with Gasteiger partial charge in [0.25, 0.3) is 5.91 Å². The second kappa shape index (κ2) is 6.66. The first-order valence-electron chi connectivity index (χ1n) is 6.20. The van der Waals surface area contributed by atoms with Gasteiger partial charge in [-0.3, -0.25) is 4.79 Å². The van der Waals surface area contributed by atoms with Gasteiger partial charge in [-0.15, -0.1) is 0 Å². The zero-order valence-electron chi connectivity index (χ0n) is 11.2. The highest BCUT2D eigenvalue weighted by molar-refractivity contribution is 6.36. The molecule has 0 bridgehead atoms. The molecule has 0 unspecified atom stereocenters. The summed E-state index contributed by atoms with van der Waals surface area (Å²) in [7, 11) is 0. The van der Waals surface area contributed by atoms with Crippen LogP contribution >= 0.6 is 23.2 Å². The van der Waals surface area contributed by atoms with Gasteiger partial charge in [-0.25, -0.2) is 0 Å². The topological polar surface area (TPSA) is 49.3 Å². The lowest BCUT2D eigenvalue weighted by Gasteiger charge is -2.09. The zero-order chi connectivity index (χ0) is 15.4. The van der Waals surface area contributed by atoms with Crippen LogP contribution in [0.3, 0.4) is 0 Å². The molecule has 5 heteroatoms. The standard InChI is InChI=1S/C16H13Cl2NO2/c1-10(15(20)11-5-3-2-4-6-11)16(21)19-14-8-7-12(17)9-13(14)18/h2-9,20H,1H3,(H,19,21)/b15-10+. The fourth-order valence-corrected chi connectivity index (χ4v) is 2.18. The third kappa shape index (κ3) is 3.78. The maximum Gasteiger partial charge on any atom is 0.255 e. The lowest BCUT2D eigenvalue weighted by molar-refractivity contribution is -0.112. The van der Waals surface area contributed by atoms with Crippen molar-refractivity contribution in [3.63, 3.8) is 0 Å². The number of halogens is 2. The van der Waals surface area contributed by atoms with E-state index in [4.69, 9.17) is 23.2 Å². The Kier molecular flexibility index (Phi) is 4.89. The molecule has 1 amide bonds. The molecule has 0 heterocycles. The van der Waals surface area contributed by atoms with E-state index in [-0.39, 0.29) is 11.3 Å².